The largest absolute Gasteiger partial charge is 0.378 e. The van der Waals surface area contributed by atoms with Crippen LogP contribution in [-0.4, -0.2) is 31.6 Å². The fourth-order valence-electron chi connectivity index (χ4n) is 2.36. The molecular formula is C15H15NO2. The minimum atomic E-state index is -0.218. The van der Waals surface area contributed by atoms with E-state index in [1.807, 2.05) is 42.5 Å². The molecule has 3 heteroatoms. The van der Waals surface area contributed by atoms with Gasteiger partial charge in [-0.05, 0) is 10.8 Å². The van der Waals surface area contributed by atoms with E-state index in [0.717, 1.165) is 22.9 Å². The summed E-state index contributed by atoms with van der Waals surface area (Å²) < 4.78 is 5.35. The number of ketones is 1. The molecule has 92 valence electrons. The molecule has 18 heavy (non-hydrogen) atoms. The van der Waals surface area contributed by atoms with E-state index in [-0.39, 0.29) is 11.8 Å². The molecule has 1 atom stereocenters. The van der Waals surface area contributed by atoms with Crippen molar-refractivity contribution in [2.75, 3.05) is 19.8 Å². The molecule has 0 spiro atoms. The Kier molecular flexibility index (Phi) is 3.09. The Bertz CT molecular complexity index is 568. The van der Waals surface area contributed by atoms with Crippen molar-refractivity contribution >= 4 is 16.6 Å². The predicted molar refractivity (Wildman–Crippen MR) is 70.9 cm³/mol. The number of rotatable bonds is 2. The number of benzene rings is 2. The van der Waals surface area contributed by atoms with Crippen LogP contribution in [0.15, 0.2) is 42.5 Å². The molecule has 1 fully saturated rings. The van der Waals surface area contributed by atoms with Gasteiger partial charge in [0.05, 0.1) is 19.3 Å². The van der Waals surface area contributed by atoms with Gasteiger partial charge in [-0.3, -0.25) is 4.79 Å². The number of Topliss-reactive ketones (excluding diaryl/α,β-unsaturated/α-hetero) is 1. The highest BCUT2D eigenvalue weighted by Gasteiger charge is 2.23. The summed E-state index contributed by atoms with van der Waals surface area (Å²) in [6, 6.07) is 13.6. The van der Waals surface area contributed by atoms with Gasteiger partial charge in [0.15, 0.2) is 5.78 Å². The van der Waals surface area contributed by atoms with Crippen molar-refractivity contribution < 1.29 is 9.53 Å². The minimum Gasteiger partial charge on any atom is -0.378 e. The average Bonchev–Trinajstić information content (AvgIpc) is 2.47. The first kappa shape index (κ1) is 11.4. The number of hydrogen-bond acceptors (Lipinski definition) is 3. The van der Waals surface area contributed by atoms with Gasteiger partial charge in [0.2, 0.25) is 0 Å². The van der Waals surface area contributed by atoms with Crippen LogP contribution in [0.25, 0.3) is 10.8 Å². The second kappa shape index (κ2) is 4.88. The Morgan fingerprint density at radius 2 is 2.00 bits per heavy atom. The lowest BCUT2D eigenvalue weighted by Crippen LogP contribution is -2.46. The molecule has 0 radical (unpaired) electrons. The lowest BCUT2D eigenvalue weighted by Gasteiger charge is -2.23. The van der Waals surface area contributed by atoms with E-state index in [2.05, 4.69) is 5.32 Å². The van der Waals surface area contributed by atoms with Crippen molar-refractivity contribution in [1.29, 1.82) is 0 Å². The highest BCUT2D eigenvalue weighted by Crippen LogP contribution is 2.20. The second-order valence-electron chi connectivity index (χ2n) is 4.47. The van der Waals surface area contributed by atoms with Gasteiger partial charge in [-0.2, -0.15) is 0 Å². The lowest BCUT2D eigenvalue weighted by atomic mass is 9.97. The number of carbonyl (C=O) groups excluding carboxylic acids is 1. The van der Waals surface area contributed by atoms with E-state index in [1.54, 1.807) is 0 Å². The molecule has 0 amide bonds. The van der Waals surface area contributed by atoms with Crippen LogP contribution in [0.3, 0.4) is 0 Å². The third-order valence-corrected chi connectivity index (χ3v) is 3.29. The molecule has 0 aromatic heterocycles. The van der Waals surface area contributed by atoms with Crippen molar-refractivity contribution in [3.8, 4) is 0 Å². The van der Waals surface area contributed by atoms with Crippen LogP contribution >= 0.6 is 0 Å². The monoisotopic (exact) mass is 241 g/mol. The Labute approximate surface area is 106 Å². The Morgan fingerprint density at radius 3 is 2.83 bits per heavy atom. The van der Waals surface area contributed by atoms with Crippen molar-refractivity contribution in [2.45, 2.75) is 6.04 Å². The van der Waals surface area contributed by atoms with Crippen molar-refractivity contribution in [3.05, 3.63) is 48.0 Å². The highest BCUT2D eigenvalue weighted by atomic mass is 16.5. The molecule has 2 aromatic carbocycles. The van der Waals surface area contributed by atoms with Crippen molar-refractivity contribution in [3.63, 3.8) is 0 Å². The number of hydrogen-bond donors (Lipinski definition) is 1. The molecule has 1 aliphatic heterocycles. The number of nitrogens with one attached hydrogen (secondary N) is 1. The Morgan fingerprint density at radius 1 is 1.17 bits per heavy atom. The normalized spacial score (nSPS) is 19.9. The average molecular weight is 241 g/mol. The van der Waals surface area contributed by atoms with E-state index in [1.165, 1.54) is 0 Å². The number of ether oxygens (including phenoxy) is 1. The highest BCUT2D eigenvalue weighted by molar-refractivity contribution is 6.10. The molecule has 1 saturated heterocycles. The minimum absolute atomic E-state index is 0.117. The molecule has 1 aliphatic rings. The smallest absolute Gasteiger partial charge is 0.182 e. The summed E-state index contributed by atoms with van der Waals surface area (Å²) in [6.45, 7) is 1.88. The molecule has 0 bridgehead atoms. The summed E-state index contributed by atoms with van der Waals surface area (Å²) in [5.41, 5.74) is 0.774. The van der Waals surface area contributed by atoms with Crippen molar-refractivity contribution in [1.82, 2.24) is 5.32 Å². The van der Waals surface area contributed by atoms with Crippen LogP contribution in [0.5, 0.6) is 0 Å². The molecule has 0 saturated carbocycles. The van der Waals surface area contributed by atoms with Gasteiger partial charge in [-0.25, -0.2) is 0 Å². The van der Waals surface area contributed by atoms with Gasteiger partial charge in [0, 0.05) is 12.1 Å². The first-order valence-electron chi connectivity index (χ1n) is 6.19. The zero-order chi connectivity index (χ0) is 12.4. The van der Waals surface area contributed by atoms with Crippen LogP contribution in [0.1, 0.15) is 10.4 Å². The van der Waals surface area contributed by atoms with Gasteiger partial charge in [-0.15, -0.1) is 0 Å². The second-order valence-corrected chi connectivity index (χ2v) is 4.47. The first-order chi connectivity index (χ1) is 8.86. The number of morpholine rings is 1. The standard InChI is InChI=1S/C15H15NO2/c17-15(14-10-18-9-8-16-14)13-7-3-5-11-4-1-2-6-12(11)13/h1-7,14,16H,8-10H2. The molecular weight excluding hydrogens is 226 g/mol. The van der Waals surface area contributed by atoms with E-state index in [4.69, 9.17) is 4.74 Å². The molecule has 0 aliphatic carbocycles. The van der Waals surface area contributed by atoms with Gasteiger partial charge in [-0.1, -0.05) is 42.5 Å². The third kappa shape index (κ3) is 2.03. The molecule has 3 rings (SSSR count). The van der Waals surface area contributed by atoms with E-state index >= 15 is 0 Å². The van der Waals surface area contributed by atoms with Crippen LogP contribution in [-0.2, 0) is 4.74 Å². The first-order valence-corrected chi connectivity index (χ1v) is 6.19. The van der Waals surface area contributed by atoms with Crippen molar-refractivity contribution in [2.24, 2.45) is 0 Å². The zero-order valence-electron chi connectivity index (χ0n) is 10.1. The summed E-state index contributed by atoms with van der Waals surface area (Å²) in [6.07, 6.45) is 0. The van der Waals surface area contributed by atoms with E-state index in [0.29, 0.717) is 13.2 Å². The van der Waals surface area contributed by atoms with Crippen LogP contribution < -0.4 is 5.32 Å². The summed E-state index contributed by atoms with van der Waals surface area (Å²) in [4.78, 5) is 12.5. The van der Waals surface area contributed by atoms with E-state index < -0.39 is 0 Å². The summed E-state index contributed by atoms with van der Waals surface area (Å²) in [7, 11) is 0. The quantitative estimate of drug-likeness (QED) is 0.817. The molecule has 3 nitrogen and oxygen atoms in total. The third-order valence-electron chi connectivity index (χ3n) is 3.29. The Hall–Kier alpha value is -1.71. The predicted octanol–water partition coefficient (Wildman–Crippen LogP) is 2.01. The zero-order valence-corrected chi connectivity index (χ0v) is 10.1. The lowest BCUT2D eigenvalue weighted by molar-refractivity contribution is 0.0609. The number of carbonyl (C=O) groups is 1. The maximum atomic E-state index is 12.5. The fraction of sp³-hybridized carbons (Fsp3) is 0.267. The van der Waals surface area contributed by atoms with Gasteiger partial charge in [0.1, 0.15) is 0 Å². The van der Waals surface area contributed by atoms with Crippen LogP contribution in [0.4, 0.5) is 0 Å². The number of fused-ring (bicyclic) bond motifs is 1. The molecule has 2 aromatic rings. The fourth-order valence-corrected chi connectivity index (χ4v) is 2.36. The summed E-state index contributed by atoms with van der Waals surface area (Å²) >= 11 is 0. The van der Waals surface area contributed by atoms with Crippen LogP contribution in [0.2, 0.25) is 0 Å². The maximum Gasteiger partial charge on any atom is 0.182 e. The SMILES string of the molecule is O=C(c1cccc2ccccc12)C1COCCN1. The topological polar surface area (TPSA) is 38.3 Å². The maximum absolute atomic E-state index is 12.5. The van der Waals surface area contributed by atoms with Gasteiger partial charge >= 0.3 is 0 Å². The van der Waals surface area contributed by atoms with E-state index in [9.17, 15) is 4.79 Å². The molecule has 1 unspecified atom stereocenters. The van der Waals surface area contributed by atoms with Gasteiger partial charge < -0.3 is 10.1 Å². The summed E-state index contributed by atoms with van der Waals surface area (Å²) in [5, 5.41) is 5.32. The summed E-state index contributed by atoms with van der Waals surface area (Å²) in [5.74, 6) is 0.117. The molecule has 1 N–H and O–H groups in total. The molecule has 1 heterocycles. The van der Waals surface area contributed by atoms with Gasteiger partial charge in [0.25, 0.3) is 0 Å². The Balaban J connectivity index is 2.00. The van der Waals surface area contributed by atoms with Crippen LogP contribution in [0, 0.1) is 0 Å².